The summed E-state index contributed by atoms with van der Waals surface area (Å²) in [5.74, 6) is 2.40. The van der Waals surface area contributed by atoms with Crippen LogP contribution in [0.1, 0.15) is 127 Å². The lowest BCUT2D eigenvalue weighted by Gasteiger charge is -2.21. The Morgan fingerprint density at radius 2 is 0.714 bits per heavy atom. The van der Waals surface area contributed by atoms with E-state index in [0.717, 1.165) is 36.3 Å². The maximum absolute atomic E-state index is 11.7. The quantitative estimate of drug-likeness (QED) is 0.133. The van der Waals surface area contributed by atoms with Crippen LogP contribution in [-0.4, -0.2) is 27.3 Å². The second-order valence-electron chi connectivity index (χ2n) is 20.1. The molecule has 3 aliphatic heterocycles. The Labute approximate surface area is 473 Å². The number of hydrogen-bond acceptors (Lipinski definition) is 7. The number of carbonyl (C=O) groups is 1. The van der Waals surface area contributed by atoms with Gasteiger partial charge in [0.1, 0.15) is 11.5 Å². The van der Waals surface area contributed by atoms with Crippen LogP contribution in [0.2, 0.25) is 5.02 Å². The maximum atomic E-state index is 11.7. The van der Waals surface area contributed by atoms with Gasteiger partial charge in [0.2, 0.25) is 0 Å². The van der Waals surface area contributed by atoms with Gasteiger partial charge in [0, 0.05) is 47.1 Å². The third kappa shape index (κ3) is 12.0. The van der Waals surface area contributed by atoms with Crippen molar-refractivity contribution in [3.05, 3.63) is 270 Å². The van der Waals surface area contributed by atoms with Crippen LogP contribution in [-0.2, 0) is 24.0 Å². The van der Waals surface area contributed by atoms with E-state index < -0.39 is 5.97 Å². The molecular weight excluding hydrogens is 1020 g/mol. The zero-order chi connectivity index (χ0) is 53.7. The topological polar surface area (TPSA) is 44.8 Å². The molecule has 9 aromatic rings. The third-order valence-electron chi connectivity index (χ3n) is 15.2. The summed E-state index contributed by atoms with van der Waals surface area (Å²) >= 11 is 11.9. The van der Waals surface area contributed by atoms with Crippen LogP contribution in [0.15, 0.2) is 211 Å². The Kier molecular flexibility index (Phi) is 16.7. The minimum Gasteiger partial charge on any atom is -0.496 e. The normalized spacial score (nSPS) is 13.6. The highest BCUT2D eigenvalue weighted by Gasteiger charge is 2.22. The lowest BCUT2D eigenvalue weighted by Crippen LogP contribution is -2.05. The molecular formula is C69H63ClO4S3. The number of rotatable bonds is 9. The van der Waals surface area contributed by atoms with Gasteiger partial charge in [-0.05, 0) is 172 Å². The highest BCUT2D eigenvalue weighted by molar-refractivity contribution is 8.00. The van der Waals surface area contributed by atoms with Gasteiger partial charge in [0.15, 0.2) is 0 Å². The highest BCUT2D eigenvalue weighted by Crippen LogP contribution is 2.44. The molecule has 0 spiro atoms. The second-order valence-corrected chi connectivity index (χ2v) is 23.8. The Morgan fingerprint density at radius 1 is 0.403 bits per heavy atom. The smallest absolute Gasteiger partial charge is 0.339 e. The molecule has 77 heavy (non-hydrogen) atoms. The van der Waals surface area contributed by atoms with Gasteiger partial charge >= 0.3 is 5.97 Å². The van der Waals surface area contributed by atoms with E-state index in [9.17, 15) is 4.79 Å². The summed E-state index contributed by atoms with van der Waals surface area (Å²) in [4.78, 5) is 20.0. The first-order valence-electron chi connectivity index (χ1n) is 26.2. The summed E-state index contributed by atoms with van der Waals surface area (Å²) in [6.45, 7) is 10.9. The first-order chi connectivity index (χ1) is 37.4. The SMILES string of the molecule is COC(=O)c1ccc(C(C)c2ccc3c(c2)Cc2ccccc2S3)cc1Cl.COc1cc(C(C)c2ccc3c(c2)Cc2ccccc2S3)ccc1C.COc1cc(C(C)c2ccc3c(c2)Cc2ccccc2S3)ccc1C. The van der Waals surface area contributed by atoms with Crippen molar-refractivity contribution < 1.29 is 19.0 Å². The molecule has 0 N–H and O–H groups in total. The molecule has 0 saturated carbocycles. The molecule has 0 fully saturated rings. The first-order valence-corrected chi connectivity index (χ1v) is 29.0. The van der Waals surface area contributed by atoms with Crippen LogP contribution in [0.25, 0.3) is 0 Å². The van der Waals surface area contributed by atoms with E-state index in [2.05, 4.69) is 198 Å². The lowest BCUT2D eigenvalue weighted by atomic mass is 9.90. The van der Waals surface area contributed by atoms with E-state index in [1.807, 2.05) is 47.4 Å². The lowest BCUT2D eigenvalue weighted by molar-refractivity contribution is 0.0601. The largest absolute Gasteiger partial charge is 0.496 e. The molecule has 8 heteroatoms. The number of carbonyl (C=O) groups excluding carboxylic acids is 1. The number of ether oxygens (including phenoxy) is 3. The number of fused-ring (bicyclic) bond motifs is 6. The summed E-state index contributed by atoms with van der Waals surface area (Å²) < 4.78 is 15.8. The van der Waals surface area contributed by atoms with E-state index in [4.69, 9.17) is 25.8 Å². The monoisotopic (exact) mass is 1090 g/mol. The molecule has 3 aliphatic rings. The molecule has 0 aliphatic carbocycles. The third-order valence-corrected chi connectivity index (χ3v) is 19.3. The molecule has 12 rings (SSSR count). The van der Waals surface area contributed by atoms with Crippen LogP contribution < -0.4 is 9.47 Å². The van der Waals surface area contributed by atoms with Gasteiger partial charge in [-0.15, -0.1) is 0 Å². The van der Waals surface area contributed by atoms with Gasteiger partial charge in [-0.2, -0.15) is 0 Å². The van der Waals surface area contributed by atoms with E-state index >= 15 is 0 Å². The molecule has 4 nitrogen and oxygen atoms in total. The van der Waals surface area contributed by atoms with Crippen molar-refractivity contribution in [1.29, 1.82) is 0 Å². The molecule has 0 bridgehead atoms. The molecule has 3 unspecified atom stereocenters. The fourth-order valence-corrected chi connectivity index (χ4v) is 13.8. The van der Waals surface area contributed by atoms with Crippen LogP contribution >= 0.6 is 46.9 Å². The Bertz CT molecular complexity index is 3490. The summed E-state index contributed by atoms with van der Waals surface area (Å²) in [5.41, 5.74) is 18.9. The standard InChI is InChI=1S/C23H19ClO2S.2C23H22OS/c1-14(16-7-9-19(20(24)13-16)23(25)26-2)15-8-10-22-18(11-15)12-17-5-3-4-6-21(17)27-22;2*1-15-8-9-18(14-21(15)24-3)16(2)17-10-11-23-20(12-17)13-19-6-4-5-7-22(19)25-23/h3-11,13-14H,12H2,1-2H3;2*4-12,14,16H,13H2,1-3H3. The van der Waals surface area contributed by atoms with E-state index in [-0.39, 0.29) is 5.92 Å². The van der Waals surface area contributed by atoms with E-state index in [1.165, 1.54) is 109 Å². The highest BCUT2D eigenvalue weighted by atomic mass is 35.5. The van der Waals surface area contributed by atoms with Gasteiger partial charge in [-0.3, -0.25) is 0 Å². The fourth-order valence-electron chi connectivity index (χ4n) is 10.4. The molecule has 0 saturated heterocycles. The number of benzene rings is 9. The van der Waals surface area contributed by atoms with E-state index in [1.54, 1.807) is 20.3 Å². The molecule has 0 aromatic heterocycles. The number of halogens is 1. The molecule has 388 valence electrons. The van der Waals surface area contributed by atoms with Crippen molar-refractivity contribution in [1.82, 2.24) is 0 Å². The minimum absolute atomic E-state index is 0.182. The van der Waals surface area contributed by atoms with Crippen LogP contribution in [0, 0.1) is 13.8 Å². The minimum atomic E-state index is -0.413. The van der Waals surface area contributed by atoms with Crippen molar-refractivity contribution in [3.63, 3.8) is 0 Å². The van der Waals surface area contributed by atoms with Gasteiger partial charge in [0.05, 0.1) is 31.9 Å². The Hall–Kier alpha value is -6.61. The molecule has 3 atom stereocenters. The number of esters is 1. The summed E-state index contributed by atoms with van der Waals surface area (Å²) in [7, 11) is 4.84. The van der Waals surface area contributed by atoms with Crippen molar-refractivity contribution in [2.24, 2.45) is 0 Å². The average molecular weight is 1090 g/mol. The fraction of sp³-hybridized carbons (Fsp3) is 0.203. The van der Waals surface area contributed by atoms with Gasteiger partial charge in [0.25, 0.3) is 0 Å². The summed E-state index contributed by atoms with van der Waals surface area (Å²) in [5, 5.41) is 0.425. The van der Waals surface area contributed by atoms with Crippen LogP contribution in [0.4, 0.5) is 0 Å². The number of aryl methyl sites for hydroxylation is 2. The van der Waals surface area contributed by atoms with Crippen molar-refractivity contribution in [2.45, 2.75) is 101 Å². The van der Waals surface area contributed by atoms with Crippen molar-refractivity contribution >= 4 is 52.9 Å². The Morgan fingerprint density at radius 3 is 1.06 bits per heavy atom. The van der Waals surface area contributed by atoms with Crippen LogP contribution in [0.3, 0.4) is 0 Å². The van der Waals surface area contributed by atoms with Crippen molar-refractivity contribution in [3.8, 4) is 11.5 Å². The van der Waals surface area contributed by atoms with Crippen LogP contribution in [0.5, 0.6) is 11.5 Å². The zero-order valence-corrected chi connectivity index (χ0v) is 48.1. The van der Waals surface area contributed by atoms with E-state index in [0.29, 0.717) is 22.4 Å². The van der Waals surface area contributed by atoms with Crippen molar-refractivity contribution in [2.75, 3.05) is 21.3 Å². The van der Waals surface area contributed by atoms with Gasteiger partial charge < -0.3 is 14.2 Å². The Balaban J connectivity index is 0.000000131. The average Bonchev–Trinajstić information content (AvgIpc) is 3.48. The summed E-state index contributed by atoms with van der Waals surface area (Å²) in [6, 6.07) is 65.2. The zero-order valence-electron chi connectivity index (χ0n) is 44.9. The predicted octanol–water partition coefficient (Wildman–Crippen LogP) is 18.8. The number of hydrogen-bond donors (Lipinski definition) is 0. The molecule has 9 aromatic carbocycles. The maximum Gasteiger partial charge on any atom is 0.339 e. The second kappa shape index (κ2) is 24.0. The van der Waals surface area contributed by atoms with Gasteiger partial charge in [-0.1, -0.05) is 189 Å². The first kappa shape index (κ1) is 53.8. The molecule has 3 heterocycles. The predicted molar refractivity (Wildman–Crippen MR) is 320 cm³/mol. The number of methoxy groups -OCH3 is 3. The summed E-state index contributed by atoms with van der Waals surface area (Å²) in [6.07, 6.45) is 3.01. The molecule has 0 radical (unpaired) electrons. The molecule has 0 amide bonds. The van der Waals surface area contributed by atoms with Gasteiger partial charge in [-0.25, -0.2) is 4.79 Å².